The Kier molecular flexibility index (Phi) is 5.28. The van der Waals surface area contributed by atoms with Crippen molar-refractivity contribution in [1.82, 2.24) is 4.13 Å². The predicted molar refractivity (Wildman–Crippen MR) is 121 cm³/mol. The van der Waals surface area contributed by atoms with Crippen LogP contribution in [-0.4, -0.2) is 16.8 Å². The molecular formula is C20H13Br2NO4S2. The van der Waals surface area contributed by atoms with Crippen LogP contribution in [0.5, 0.6) is 0 Å². The van der Waals surface area contributed by atoms with Crippen LogP contribution in [0.15, 0.2) is 91.5 Å². The number of rotatable bonds is 4. The van der Waals surface area contributed by atoms with Crippen LogP contribution < -0.4 is 4.13 Å². The van der Waals surface area contributed by atoms with Gasteiger partial charge in [0.15, 0.2) is 0 Å². The largest absolute Gasteiger partial charge is 0.254 e. The van der Waals surface area contributed by atoms with Crippen molar-refractivity contribution in [1.29, 1.82) is 0 Å². The van der Waals surface area contributed by atoms with Crippen molar-refractivity contribution in [2.45, 2.75) is 9.79 Å². The molecule has 4 aromatic carbocycles. The molecule has 0 atom stereocenters. The Morgan fingerprint density at radius 2 is 1.00 bits per heavy atom. The van der Waals surface area contributed by atoms with Crippen molar-refractivity contribution >= 4 is 73.5 Å². The third kappa shape index (κ3) is 3.97. The molecule has 1 N–H and O–H groups in total. The first kappa shape index (κ1) is 20.5. The third-order valence-corrected chi connectivity index (χ3v) is 9.02. The average Bonchev–Trinajstić information content (AvgIpc) is 2.65. The molecule has 0 bridgehead atoms. The van der Waals surface area contributed by atoms with Crippen molar-refractivity contribution in [3.8, 4) is 0 Å². The van der Waals surface area contributed by atoms with E-state index in [-0.39, 0.29) is 9.79 Å². The monoisotopic (exact) mass is 553 g/mol. The summed E-state index contributed by atoms with van der Waals surface area (Å²) in [7, 11) is -8.69. The summed E-state index contributed by atoms with van der Waals surface area (Å²) in [6.07, 6.45) is 0. The van der Waals surface area contributed by atoms with E-state index in [1.54, 1.807) is 60.7 Å². The molecule has 0 aliphatic heterocycles. The minimum atomic E-state index is -4.34. The Morgan fingerprint density at radius 3 is 1.41 bits per heavy atom. The van der Waals surface area contributed by atoms with Gasteiger partial charge in [0.05, 0.1) is 9.79 Å². The Bertz CT molecular complexity index is 1370. The smallest absolute Gasteiger partial charge is 0.206 e. The molecule has 0 aromatic heterocycles. The van der Waals surface area contributed by atoms with Gasteiger partial charge in [-0.15, -0.1) is 4.13 Å². The molecule has 0 fully saturated rings. The highest BCUT2D eigenvalue weighted by Gasteiger charge is 2.27. The van der Waals surface area contributed by atoms with Gasteiger partial charge in [0.2, 0.25) is 0 Å². The fourth-order valence-electron chi connectivity index (χ4n) is 3.15. The van der Waals surface area contributed by atoms with Gasteiger partial charge in [0.25, 0.3) is 20.0 Å². The maximum Gasteiger partial charge on any atom is 0.254 e. The lowest BCUT2D eigenvalue weighted by molar-refractivity contribution is 0.578. The molecule has 0 aliphatic rings. The molecule has 5 nitrogen and oxygen atoms in total. The van der Waals surface area contributed by atoms with Crippen molar-refractivity contribution in [3.63, 3.8) is 0 Å². The molecule has 0 aliphatic carbocycles. The number of sulfonamides is 2. The van der Waals surface area contributed by atoms with Crippen LogP contribution in [0.1, 0.15) is 0 Å². The first-order valence-corrected chi connectivity index (χ1v) is 12.9. The molecule has 0 spiro atoms. The first-order chi connectivity index (χ1) is 13.7. The number of nitrogens with one attached hydrogen (secondary N) is 1. The topological polar surface area (TPSA) is 80.3 Å². The van der Waals surface area contributed by atoms with Gasteiger partial charge in [-0.2, -0.15) is 0 Å². The molecular weight excluding hydrogens is 542 g/mol. The summed E-state index contributed by atoms with van der Waals surface area (Å²) < 4.78 is 55.5. The lowest BCUT2D eigenvalue weighted by Crippen LogP contribution is -2.31. The molecule has 9 heteroatoms. The van der Waals surface area contributed by atoms with E-state index in [0.29, 0.717) is 21.5 Å². The number of benzene rings is 4. The van der Waals surface area contributed by atoms with E-state index in [4.69, 9.17) is 0 Å². The lowest BCUT2D eigenvalue weighted by Gasteiger charge is -2.12. The maximum atomic E-state index is 13.0. The quantitative estimate of drug-likeness (QED) is 0.376. The first-order valence-electron chi connectivity index (χ1n) is 8.33. The highest BCUT2D eigenvalue weighted by Crippen LogP contribution is 2.29. The van der Waals surface area contributed by atoms with E-state index in [1.165, 1.54) is 12.1 Å². The van der Waals surface area contributed by atoms with Gasteiger partial charge in [0, 0.05) is 19.7 Å². The van der Waals surface area contributed by atoms with Gasteiger partial charge in [-0.25, -0.2) is 16.8 Å². The second-order valence-electron chi connectivity index (χ2n) is 6.33. The van der Waals surface area contributed by atoms with Gasteiger partial charge in [0.1, 0.15) is 0 Å². The van der Waals surface area contributed by atoms with Gasteiger partial charge in [-0.05, 0) is 47.2 Å². The van der Waals surface area contributed by atoms with Gasteiger partial charge in [-0.1, -0.05) is 68.3 Å². The van der Waals surface area contributed by atoms with Gasteiger partial charge in [-0.3, -0.25) is 0 Å². The van der Waals surface area contributed by atoms with E-state index >= 15 is 0 Å². The zero-order chi connectivity index (χ0) is 20.8. The molecule has 148 valence electrons. The second kappa shape index (κ2) is 7.48. The molecule has 0 saturated carbocycles. The Balaban J connectivity index is 1.83. The van der Waals surface area contributed by atoms with Crippen molar-refractivity contribution in [2.75, 3.05) is 0 Å². The highest BCUT2D eigenvalue weighted by molar-refractivity contribution is 9.10. The van der Waals surface area contributed by atoms with E-state index in [9.17, 15) is 16.8 Å². The van der Waals surface area contributed by atoms with Crippen LogP contribution in [0.2, 0.25) is 0 Å². The summed E-state index contributed by atoms with van der Waals surface area (Å²) in [6, 6.07) is 19.7. The molecule has 4 aromatic rings. The van der Waals surface area contributed by atoms with E-state index in [2.05, 4.69) is 31.9 Å². The van der Waals surface area contributed by atoms with Crippen LogP contribution >= 0.6 is 31.9 Å². The predicted octanol–water partition coefficient (Wildman–Crippen LogP) is 5.19. The van der Waals surface area contributed by atoms with Crippen LogP contribution in [0, 0.1) is 0 Å². The van der Waals surface area contributed by atoms with E-state index in [0.717, 1.165) is 8.95 Å². The molecule has 29 heavy (non-hydrogen) atoms. The second-order valence-corrected chi connectivity index (χ2v) is 11.7. The van der Waals surface area contributed by atoms with Crippen LogP contribution in [-0.2, 0) is 20.0 Å². The summed E-state index contributed by atoms with van der Waals surface area (Å²) in [4.78, 5) is -0.205. The standard InChI is InChI=1S/C20H13Br2NO4S2/c21-15-7-9-17-13(11-15)3-1-5-19(17)28(24,25)23-29(26,27)20-6-2-4-14-12-16(22)8-10-18(14)20/h1-12,23H. The number of fused-ring (bicyclic) bond motifs is 2. The SMILES string of the molecule is O=S(=O)(NS(=O)(=O)c1cccc2cc(Br)ccc12)c1cccc2cc(Br)ccc12. The minimum Gasteiger partial charge on any atom is -0.206 e. The molecule has 0 saturated heterocycles. The number of hydrogen-bond acceptors (Lipinski definition) is 4. The summed E-state index contributed by atoms with van der Waals surface area (Å²) >= 11 is 6.70. The molecule has 4 rings (SSSR count). The Labute approximate surface area is 185 Å². The number of hydrogen-bond donors (Lipinski definition) is 1. The van der Waals surface area contributed by atoms with Gasteiger partial charge >= 0.3 is 0 Å². The van der Waals surface area contributed by atoms with Crippen LogP contribution in [0.4, 0.5) is 0 Å². The molecule has 0 radical (unpaired) electrons. The summed E-state index contributed by atoms with van der Waals surface area (Å²) in [5.74, 6) is 0. The van der Waals surface area contributed by atoms with Crippen LogP contribution in [0.3, 0.4) is 0 Å². The van der Waals surface area contributed by atoms with Crippen LogP contribution in [0.25, 0.3) is 21.5 Å². The van der Waals surface area contributed by atoms with Crippen molar-refractivity contribution in [2.24, 2.45) is 0 Å². The van der Waals surface area contributed by atoms with E-state index in [1.807, 2.05) is 4.13 Å². The summed E-state index contributed by atoms with van der Waals surface area (Å²) in [5.41, 5.74) is 0. The molecule has 0 heterocycles. The lowest BCUT2D eigenvalue weighted by atomic mass is 10.1. The minimum absolute atomic E-state index is 0.103. The highest BCUT2D eigenvalue weighted by atomic mass is 79.9. The van der Waals surface area contributed by atoms with Gasteiger partial charge < -0.3 is 0 Å². The third-order valence-electron chi connectivity index (χ3n) is 4.40. The van der Waals surface area contributed by atoms with Crippen molar-refractivity contribution in [3.05, 3.63) is 81.7 Å². The molecule has 0 amide bonds. The molecule has 0 unspecified atom stereocenters. The number of halogens is 2. The van der Waals surface area contributed by atoms with E-state index < -0.39 is 20.0 Å². The Morgan fingerprint density at radius 1 is 0.586 bits per heavy atom. The normalized spacial score (nSPS) is 12.5. The Hall–Kier alpha value is -1.78. The summed E-state index contributed by atoms with van der Waals surface area (Å²) in [6.45, 7) is 0. The zero-order valence-electron chi connectivity index (χ0n) is 14.6. The average molecular weight is 555 g/mol. The van der Waals surface area contributed by atoms with Crippen molar-refractivity contribution < 1.29 is 16.8 Å². The zero-order valence-corrected chi connectivity index (χ0v) is 19.4. The fourth-order valence-corrected chi connectivity index (χ4v) is 7.25. The fraction of sp³-hybridized carbons (Fsp3) is 0. The summed E-state index contributed by atoms with van der Waals surface area (Å²) in [5, 5.41) is 2.21. The maximum absolute atomic E-state index is 13.0.